The maximum Gasteiger partial charge on any atom is 0.416 e. The highest BCUT2D eigenvalue weighted by atomic mass is 19.4. The van der Waals surface area contributed by atoms with Crippen molar-refractivity contribution in [2.24, 2.45) is 5.73 Å². The number of carbonyl (C=O) groups excluding carboxylic acids is 1. The molecule has 2 atom stereocenters. The summed E-state index contributed by atoms with van der Waals surface area (Å²) in [5.41, 5.74) is 0.795. The highest BCUT2D eigenvalue weighted by Gasteiger charge is 2.43. The number of carbonyl (C=O) groups is 1. The van der Waals surface area contributed by atoms with Crippen LogP contribution >= 0.6 is 0 Å². The van der Waals surface area contributed by atoms with Crippen molar-refractivity contribution in [3.05, 3.63) is 64.2 Å². The predicted octanol–water partition coefficient (Wildman–Crippen LogP) is 7.36. The molecule has 4 rings (SSSR count). The molecule has 0 saturated carbocycles. The van der Waals surface area contributed by atoms with Gasteiger partial charge < -0.3 is 15.4 Å². The molecule has 2 N–H and O–H groups in total. The van der Waals surface area contributed by atoms with Crippen molar-refractivity contribution in [2.45, 2.75) is 89.8 Å². The smallest absolute Gasteiger partial charge is 0.416 e. The Morgan fingerprint density at radius 2 is 1.60 bits per heavy atom. The second-order valence-corrected chi connectivity index (χ2v) is 11.3. The van der Waals surface area contributed by atoms with Gasteiger partial charge in [0.05, 0.1) is 41.1 Å². The summed E-state index contributed by atoms with van der Waals surface area (Å²) in [6, 6.07) is 1.82. The standard InChI is InChI=1S/C29H32F9N7O2/c1-4-5-21-14-24(22-13-18(27(30,31)32)6-7-23(22)45(21)26(46)47-16(2)3)43(25-40-42-44(41-25)9-8-39)15-17-10-19(28(33,34)35)12-20(11-17)29(36,37)38/h6-7,10-13,16,21,24H,4-5,8-9,14-15,39H2,1-3H3/t21-,24+/m1/s1. The van der Waals surface area contributed by atoms with Crippen molar-refractivity contribution in [3.63, 3.8) is 0 Å². The third-order valence-corrected chi connectivity index (χ3v) is 7.39. The van der Waals surface area contributed by atoms with Crippen LogP contribution < -0.4 is 15.5 Å². The van der Waals surface area contributed by atoms with Gasteiger partial charge in [0.2, 0.25) is 0 Å². The van der Waals surface area contributed by atoms with E-state index in [1.807, 2.05) is 6.92 Å². The molecule has 258 valence electrons. The van der Waals surface area contributed by atoms with E-state index < -0.39 is 71.6 Å². The number of amides is 1. The minimum Gasteiger partial charge on any atom is -0.446 e. The zero-order valence-corrected chi connectivity index (χ0v) is 25.4. The van der Waals surface area contributed by atoms with Crippen LogP contribution in [-0.4, -0.2) is 45.0 Å². The van der Waals surface area contributed by atoms with Gasteiger partial charge in [-0.05, 0) is 79.4 Å². The van der Waals surface area contributed by atoms with Gasteiger partial charge in [0.15, 0.2) is 0 Å². The zero-order chi connectivity index (χ0) is 34.9. The van der Waals surface area contributed by atoms with E-state index in [4.69, 9.17) is 10.5 Å². The Labute approximate surface area is 263 Å². The van der Waals surface area contributed by atoms with Crippen LogP contribution in [0.25, 0.3) is 0 Å². The van der Waals surface area contributed by atoms with E-state index in [9.17, 15) is 44.3 Å². The Hall–Kier alpha value is -4.09. The van der Waals surface area contributed by atoms with E-state index in [-0.39, 0.29) is 42.8 Å². The predicted molar refractivity (Wildman–Crippen MR) is 151 cm³/mol. The second kappa shape index (κ2) is 13.6. The Kier molecular flexibility index (Phi) is 10.3. The van der Waals surface area contributed by atoms with E-state index in [0.29, 0.717) is 25.0 Å². The molecule has 18 heteroatoms. The minimum absolute atomic E-state index is 0.0232. The average molecular weight is 682 g/mol. The molecule has 47 heavy (non-hydrogen) atoms. The number of alkyl halides is 9. The lowest BCUT2D eigenvalue weighted by molar-refractivity contribution is -0.143. The van der Waals surface area contributed by atoms with Gasteiger partial charge in [-0.15, -0.1) is 5.10 Å². The molecule has 1 aromatic heterocycles. The zero-order valence-electron chi connectivity index (χ0n) is 25.4. The first-order chi connectivity index (χ1) is 21.8. The lowest BCUT2D eigenvalue weighted by atomic mass is 9.87. The molecule has 0 saturated heterocycles. The van der Waals surface area contributed by atoms with Crippen molar-refractivity contribution in [1.29, 1.82) is 0 Å². The van der Waals surface area contributed by atoms with Crippen molar-refractivity contribution in [2.75, 3.05) is 16.3 Å². The van der Waals surface area contributed by atoms with Gasteiger partial charge in [-0.2, -0.15) is 44.3 Å². The fraction of sp³-hybridized carbons (Fsp3) is 0.517. The number of tetrazole rings is 1. The Morgan fingerprint density at radius 1 is 0.979 bits per heavy atom. The third kappa shape index (κ3) is 8.26. The Bertz CT molecular complexity index is 1520. The van der Waals surface area contributed by atoms with Gasteiger partial charge in [0.25, 0.3) is 5.95 Å². The monoisotopic (exact) mass is 681 g/mol. The van der Waals surface area contributed by atoms with E-state index in [2.05, 4.69) is 15.4 Å². The number of halogens is 9. The number of fused-ring (bicyclic) bond motifs is 1. The van der Waals surface area contributed by atoms with E-state index in [1.165, 1.54) is 9.80 Å². The maximum atomic E-state index is 14.0. The summed E-state index contributed by atoms with van der Waals surface area (Å²) >= 11 is 0. The fourth-order valence-corrected chi connectivity index (χ4v) is 5.47. The molecule has 0 aliphatic carbocycles. The lowest BCUT2D eigenvalue weighted by Gasteiger charge is -2.44. The summed E-state index contributed by atoms with van der Waals surface area (Å²) in [6.45, 7) is 4.38. The summed E-state index contributed by atoms with van der Waals surface area (Å²) in [6.07, 6.45) is -15.8. The Morgan fingerprint density at radius 3 is 2.13 bits per heavy atom. The second-order valence-electron chi connectivity index (χ2n) is 11.3. The summed E-state index contributed by atoms with van der Waals surface area (Å²) in [5.74, 6) is -0.286. The van der Waals surface area contributed by atoms with Gasteiger partial charge in [0, 0.05) is 19.1 Å². The molecule has 2 aromatic carbocycles. The molecular weight excluding hydrogens is 649 g/mol. The van der Waals surface area contributed by atoms with Crippen molar-refractivity contribution < 1.29 is 49.0 Å². The molecule has 0 spiro atoms. The van der Waals surface area contributed by atoms with Crippen LogP contribution in [0.4, 0.5) is 55.9 Å². The number of nitrogens with two attached hydrogens (primary N) is 1. The van der Waals surface area contributed by atoms with Crippen molar-refractivity contribution >= 4 is 17.7 Å². The highest BCUT2D eigenvalue weighted by molar-refractivity contribution is 5.90. The summed E-state index contributed by atoms with van der Waals surface area (Å²) in [5, 5.41) is 12.0. The molecule has 9 nitrogen and oxygen atoms in total. The maximum absolute atomic E-state index is 14.0. The first-order valence-electron chi connectivity index (χ1n) is 14.6. The summed E-state index contributed by atoms with van der Waals surface area (Å²) in [7, 11) is 0. The molecule has 0 radical (unpaired) electrons. The van der Waals surface area contributed by atoms with Crippen LogP contribution in [0.2, 0.25) is 0 Å². The third-order valence-electron chi connectivity index (χ3n) is 7.39. The molecule has 2 heterocycles. The van der Waals surface area contributed by atoms with Gasteiger partial charge in [0.1, 0.15) is 0 Å². The molecular formula is C29H32F9N7O2. The molecule has 0 fully saturated rings. The number of benzene rings is 2. The van der Waals surface area contributed by atoms with Crippen molar-refractivity contribution in [3.8, 4) is 0 Å². The number of aromatic nitrogens is 4. The fourth-order valence-electron chi connectivity index (χ4n) is 5.47. The van der Waals surface area contributed by atoms with E-state index >= 15 is 0 Å². The molecule has 0 bridgehead atoms. The molecule has 3 aromatic rings. The minimum atomic E-state index is -5.15. The van der Waals surface area contributed by atoms with Crippen molar-refractivity contribution in [1.82, 2.24) is 20.2 Å². The van der Waals surface area contributed by atoms with Gasteiger partial charge in [-0.1, -0.05) is 18.4 Å². The van der Waals surface area contributed by atoms with Crippen LogP contribution in [0.5, 0.6) is 0 Å². The first-order valence-corrected chi connectivity index (χ1v) is 14.6. The van der Waals surface area contributed by atoms with Crippen LogP contribution in [-0.2, 0) is 36.4 Å². The molecule has 0 unspecified atom stereocenters. The molecule has 1 amide bonds. The topological polar surface area (TPSA) is 102 Å². The number of ether oxygens (including phenoxy) is 1. The number of anilines is 2. The average Bonchev–Trinajstić information content (AvgIpc) is 3.42. The van der Waals surface area contributed by atoms with E-state index in [1.54, 1.807) is 13.8 Å². The largest absolute Gasteiger partial charge is 0.446 e. The lowest BCUT2D eigenvalue weighted by Crippen LogP contribution is -2.48. The number of rotatable bonds is 9. The Balaban J connectivity index is 1.96. The molecule has 1 aliphatic heterocycles. The van der Waals surface area contributed by atoms with E-state index in [0.717, 1.165) is 23.0 Å². The van der Waals surface area contributed by atoms with Gasteiger partial charge in [-0.3, -0.25) is 4.90 Å². The van der Waals surface area contributed by atoms with Crippen LogP contribution in [0.15, 0.2) is 36.4 Å². The summed E-state index contributed by atoms with van der Waals surface area (Å²) < 4.78 is 130. The van der Waals surface area contributed by atoms with Gasteiger partial charge >= 0.3 is 24.6 Å². The highest BCUT2D eigenvalue weighted by Crippen LogP contribution is 2.46. The van der Waals surface area contributed by atoms with Gasteiger partial charge in [-0.25, -0.2) is 4.79 Å². The molecule has 1 aliphatic rings. The number of hydrogen-bond acceptors (Lipinski definition) is 7. The number of nitrogens with zero attached hydrogens (tertiary/aromatic N) is 6. The van der Waals surface area contributed by atoms with Crippen LogP contribution in [0.3, 0.4) is 0 Å². The normalized spacial score (nSPS) is 17.2. The number of hydrogen-bond donors (Lipinski definition) is 1. The van der Waals surface area contributed by atoms with Crippen LogP contribution in [0.1, 0.15) is 73.9 Å². The first kappa shape index (κ1) is 35.8. The van der Waals surface area contributed by atoms with Crippen LogP contribution in [0, 0.1) is 0 Å². The quantitative estimate of drug-likeness (QED) is 0.236. The SMILES string of the molecule is CCC[C@@H]1C[C@H](N(Cc2cc(C(F)(F)F)cc(C(F)(F)F)c2)c2nnn(CCN)n2)c2cc(C(F)(F)F)ccc2N1C(=O)OC(C)C. The summed E-state index contributed by atoms with van der Waals surface area (Å²) in [4.78, 5) is 16.8.